The fourth-order valence-electron chi connectivity index (χ4n) is 4.00. The van der Waals surface area contributed by atoms with Crippen LogP contribution in [0.15, 0.2) is 0 Å². The third kappa shape index (κ3) is 3.93. The van der Waals surface area contributed by atoms with Crippen LogP contribution >= 0.6 is 0 Å². The van der Waals surface area contributed by atoms with E-state index in [-0.39, 0.29) is 0 Å². The first-order chi connectivity index (χ1) is 9.13. The molecule has 112 valence electrons. The Bertz CT molecular complexity index is 269. The minimum absolute atomic E-state index is 0.447. The van der Waals surface area contributed by atoms with Gasteiger partial charge in [0.15, 0.2) is 0 Å². The minimum atomic E-state index is 0.447. The number of hydrogen-bond donors (Lipinski definition) is 1. The molecule has 0 aromatic carbocycles. The first-order valence-electron chi connectivity index (χ1n) is 8.36. The molecule has 2 fully saturated rings. The van der Waals surface area contributed by atoms with Gasteiger partial charge in [0, 0.05) is 38.3 Å². The van der Waals surface area contributed by atoms with Gasteiger partial charge in [-0.3, -0.25) is 4.90 Å². The summed E-state index contributed by atoms with van der Waals surface area (Å²) in [6.07, 6.45) is 5.30. The molecular weight excluding hydrogens is 234 g/mol. The molecule has 1 aliphatic carbocycles. The van der Waals surface area contributed by atoms with Crippen molar-refractivity contribution in [1.82, 2.24) is 9.80 Å². The van der Waals surface area contributed by atoms with Gasteiger partial charge in [-0.2, -0.15) is 0 Å². The number of hydrogen-bond acceptors (Lipinski definition) is 3. The number of nitrogens with two attached hydrogens (primary N) is 1. The number of rotatable bonds is 4. The van der Waals surface area contributed by atoms with Crippen LogP contribution in [-0.2, 0) is 0 Å². The van der Waals surface area contributed by atoms with Gasteiger partial charge in [0.25, 0.3) is 0 Å². The van der Waals surface area contributed by atoms with E-state index in [1.54, 1.807) is 0 Å². The molecule has 19 heavy (non-hydrogen) atoms. The summed E-state index contributed by atoms with van der Waals surface area (Å²) in [5.41, 5.74) is 6.36. The predicted molar refractivity (Wildman–Crippen MR) is 82.2 cm³/mol. The van der Waals surface area contributed by atoms with E-state index in [2.05, 4.69) is 30.6 Å². The van der Waals surface area contributed by atoms with Crippen LogP contribution in [0.4, 0.5) is 0 Å². The summed E-state index contributed by atoms with van der Waals surface area (Å²) in [5, 5.41) is 0. The topological polar surface area (TPSA) is 32.5 Å². The van der Waals surface area contributed by atoms with Crippen LogP contribution in [0.25, 0.3) is 0 Å². The smallest absolute Gasteiger partial charge is 0.0195 e. The average Bonchev–Trinajstić information content (AvgIpc) is 2.41. The number of likely N-dealkylation sites (N-methyl/N-ethyl adjacent to an activating group) is 1. The van der Waals surface area contributed by atoms with Crippen molar-refractivity contribution in [1.29, 1.82) is 0 Å². The van der Waals surface area contributed by atoms with Crippen molar-refractivity contribution in [3.05, 3.63) is 0 Å². The molecule has 0 bridgehead atoms. The largest absolute Gasteiger partial charge is 0.327 e. The zero-order valence-electron chi connectivity index (χ0n) is 13.1. The second-order valence-electron chi connectivity index (χ2n) is 6.75. The van der Waals surface area contributed by atoms with Gasteiger partial charge in [-0.05, 0) is 44.6 Å². The second-order valence-corrected chi connectivity index (χ2v) is 6.75. The first kappa shape index (κ1) is 15.3. The Morgan fingerprint density at radius 1 is 1.16 bits per heavy atom. The highest BCUT2D eigenvalue weighted by atomic mass is 15.3. The van der Waals surface area contributed by atoms with Crippen molar-refractivity contribution in [2.24, 2.45) is 17.6 Å². The van der Waals surface area contributed by atoms with Gasteiger partial charge < -0.3 is 10.6 Å². The molecule has 0 spiro atoms. The van der Waals surface area contributed by atoms with E-state index in [1.165, 1.54) is 58.4 Å². The van der Waals surface area contributed by atoms with Crippen LogP contribution in [0.2, 0.25) is 0 Å². The highest BCUT2D eigenvalue weighted by Gasteiger charge is 2.30. The van der Waals surface area contributed by atoms with E-state index < -0.39 is 0 Å². The standard InChI is InChI=1S/C16H33N3/c1-4-14-6-7-16(17)15(10-14)12-18-8-9-19(5-2)13(3)11-18/h13-16H,4-12,17H2,1-3H3. The normalized spacial score (nSPS) is 38.5. The SMILES string of the molecule is CCC1CCC(N)C(CN2CCN(CC)C(C)C2)C1. The lowest BCUT2D eigenvalue weighted by Gasteiger charge is -2.43. The molecule has 2 rings (SSSR count). The van der Waals surface area contributed by atoms with Crippen molar-refractivity contribution in [3.8, 4) is 0 Å². The van der Waals surface area contributed by atoms with Crippen LogP contribution in [0.3, 0.4) is 0 Å². The molecule has 3 nitrogen and oxygen atoms in total. The molecule has 1 heterocycles. The van der Waals surface area contributed by atoms with Crippen molar-refractivity contribution >= 4 is 0 Å². The van der Waals surface area contributed by atoms with Gasteiger partial charge in [-0.25, -0.2) is 0 Å². The van der Waals surface area contributed by atoms with Gasteiger partial charge in [0.1, 0.15) is 0 Å². The molecule has 1 saturated heterocycles. The third-order valence-electron chi connectivity index (χ3n) is 5.48. The lowest BCUT2D eigenvalue weighted by Crippen LogP contribution is -2.54. The first-order valence-corrected chi connectivity index (χ1v) is 8.36. The summed E-state index contributed by atoms with van der Waals surface area (Å²) in [7, 11) is 0. The fourth-order valence-corrected chi connectivity index (χ4v) is 4.00. The zero-order chi connectivity index (χ0) is 13.8. The Labute approximate surface area is 119 Å². The molecule has 3 heteroatoms. The highest BCUT2D eigenvalue weighted by molar-refractivity contribution is 4.86. The van der Waals surface area contributed by atoms with Crippen molar-refractivity contribution in [2.75, 3.05) is 32.7 Å². The molecule has 1 saturated carbocycles. The van der Waals surface area contributed by atoms with Crippen LogP contribution < -0.4 is 5.73 Å². The van der Waals surface area contributed by atoms with Crippen LogP contribution in [0.5, 0.6) is 0 Å². The predicted octanol–water partition coefficient (Wildman–Crippen LogP) is 2.17. The number of piperazine rings is 1. The maximum absolute atomic E-state index is 6.36. The molecule has 2 N–H and O–H groups in total. The summed E-state index contributed by atoms with van der Waals surface area (Å²) in [5.74, 6) is 1.67. The summed E-state index contributed by atoms with van der Waals surface area (Å²) in [6, 6.07) is 1.16. The van der Waals surface area contributed by atoms with Crippen LogP contribution in [0, 0.1) is 11.8 Å². The van der Waals surface area contributed by atoms with E-state index in [0.29, 0.717) is 12.1 Å². The van der Waals surface area contributed by atoms with Crippen molar-refractivity contribution in [3.63, 3.8) is 0 Å². The zero-order valence-corrected chi connectivity index (χ0v) is 13.1. The molecular formula is C16H33N3. The molecule has 1 aliphatic heterocycles. The van der Waals surface area contributed by atoms with Gasteiger partial charge in [-0.15, -0.1) is 0 Å². The van der Waals surface area contributed by atoms with Gasteiger partial charge >= 0.3 is 0 Å². The molecule has 0 aromatic heterocycles. The molecule has 2 aliphatic rings. The quantitative estimate of drug-likeness (QED) is 0.847. The maximum Gasteiger partial charge on any atom is 0.0195 e. The van der Waals surface area contributed by atoms with Gasteiger partial charge in [0.05, 0.1) is 0 Å². The highest BCUT2D eigenvalue weighted by Crippen LogP contribution is 2.31. The van der Waals surface area contributed by atoms with Crippen LogP contribution in [0.1, 0.15) is 46.5 Å². The summed E-state index contributed by atoms with van der Waals surface area (Å²) in [4.78, 5) is 5.26. The van der Waals surface area contributed by atoms with Gasteiger partial charge in [0.2, 0.25) is 0 Å². The molecule has 4 unspecified atom stereocenters. The fraction of sp³-hybridized carbons (Fsp3) is 1.00. The van der Waals surface area contributed by atoms with E-state index in [9.17, 15) is 0 Å². The van der Waals surface area contributed by atoms with E-state index in [0.717, 1.165) is 11.8 Å². The summed E-state index contributed by atoms with van der Waals surface area (Å²) < 4.78 is 0. The monoisotopic (exact) mass is 267 g/mol. The van der Waals surface area contributed by atoms with E-state index >= 15 is 0 Å². The average molecular weight is 267 g/mol. The Hall–Kier alpha value is -0.120. The Morgan fingerprint density at radius 2 is 1.95 bits per heavy atom. The van der Waals surface area contributed by atoms with Gasteiger partial charge in [-0.1, -0.05) is 20.3 Å². The molecule has 0 aromatic rings. The summed E-state index contributed by atoms with van der Waals surface area (Å²) in [6.45, 7) is 13.1. The molecule has 0 radical (unpaired) electrons. The van der Waals surface area contributed by atoms with Crippen molar-refractivity contribution < 1.29 is 0 Å². The Kier molecular flexibility index (Phi) is 5.67. The maximum atomic E-state index is 6.36. The van der Waals surface area contributed by atoms with Crippen LogP contribution in [-0.4, -0.2) is 54.6 Å². The number of nitrogens with zero attached hydrogens (tertiary/aromatic N) is 2. The Morgan fingerprint density at radius 3 is 2.58 bits per heavy atom. The van der Waals surface area contributed by atoms with E-state index in [1.807, 2.05) is 0 Å². The minimum Gasteiger partial charge on any atom is -0.327 e. The second kappa shape index (κ2) is 7.05. The molecule has 0 amide bonds. The molecule has 4 atom stereocenters. The van der Waals surface area contributed by atoms with E-state index in [4.69, 9.17) is 5.73 Å². The van der Waals surface area contributed by atoms with Crippen molar-refractivity contribution in [2.45, 2.75) is 58.5 Å². The lowest BCUT2D eigenvalue weighted by molar-refractivity contribution is 0.0632. The Balaban J connectivity index is 1.83. The summed E-state index contributed by atoms with van der Waals surface area (Å²) >= 11 is 0. The third-order valence-corrected chi connectivity index (χ3v) is 5.48. The lowest BCUT2D eigenvalue weighted by atomic mass is 9.77.